The molecule has 0 radical (unpaired) electrons. The molecule has 4 heterocycles. The Bertz CT molecular complexity index is 812. The summed E-state index contributed by atoms with van der Waals surface area (Å²) in [6, 6.07) is 1.86. The molecule has 0 saturated heterocycles. The van der Waals surface area contributed by atoms with Crippen LogP contribution in [0.5, 0.6) is 0 Å². The number of hydrogen-bond donors (Lipinski definition) is 1. The van der Waals surface area contributed by atoms with Crippen molar-refractivity contribution in [3.05, 3.63) is 29.2 Å². The summed E-state index contributed by atoms with van der Waals surface area (Å²) < 4.78 is 1.69. The molecule has 2 aliphatic rings. The van der Waals surface area contributed by atoms with E-state index < -0.39 is 0 Å². The number of nitrogens with zero attached hydrogens (tertiary/aromatic N) is 7. The minimum absolute atomic E-state index is 0.0471. The first-order chi connectivity index (χ1) is 11.7. The van der Waals surface area contributed by atoms with Crippen LogP contribution in [0.15, 0.2) is 22.5 Å². The molecule has 0 aromatic carbocycles. The minimum atomic E-state index is 0.0471. The Balaban J connectivity index is 1.54. The van der Waals surface area contributed by atoms with Crippen LogP contribution in [-0.2, 0) is 30.7 Å². The van der Waals surface area contributed by atoms with Crippen molar-refractivity contribution in [2.75, 3.05) is 20.1 Å². The number of aromatic nitrogens is 4. The van der Waals surface area contributed by atoms with E-state index in [2.05, 4.69) is 30.6 Å². The van der Waals surface area contributed by atoms with E-state index in [0.29, 0.717) is 18.3 Å². The number of nitrogens with one attached hydrogen (secondary N) is 1. The summed E-state index contributed by atoms with van der Waals surface area (Å²) in [7, 11) is 1.80. The summed E-state index contributed by atoms with van der Waals surface area (Å²) in [6.45, 7) is 2.60. The molecule has 0 aliphatic carbocycles. The van der Waals surface area contributed by atoms with E-state index in [1.807, 2.05) is 12.3 Å². The van der Waals surface area contributed by atoms with Crippen molar-refractivity contribution < 1.29 is 4.79 Å². The summed E-state index contributed by atoms with van der Waals surface area (Å²) >= 11 is 0. The number of fused-ring (bicyclic) bond motifs is 2. The summed E-state index contributed by atoms with van der Waals surface area (Å²) in [4.78, 5) is 22.2. The van der Waals surface area contributed by atoms with Crippen molar-refractivity contribution in [2.24, 2.45) is 10.2 Å². The molecule has 0 bridgehead atoms. The molecule has 24 heavy (non-hydrogen) atoms. The highest BCUT2D eigenvalue weighted by Crippen LogP contribution is 2.19. The Morgan fingerprint density at radius 3 is 3.12 bits per heavy atom. The third-order valence-electron chi connectivity index (χ3n) is 4.31. The van der Waals surface area contributed by atoms with E-state index in [4.69, 9.17) is 0 Å². The molecule has 0 spiro atoms. The average Bonchev–Trinajstić information content (AvgIpc) is 2.93. The molecule has 2 aromatic heterocycles. The van der Waals surface area contributed by atoms with Gasteiger partial charge >= 0.3 is 0 Å². The predicted molar refractivity (Wildman–Crippen MR) is 85.2 cm³/mol. The third-order valence-corrected chi connectivity index (χ3v) is 4.31. The maximum atomic E-state index is 11.9. The van der Waals surface area contributed by atoms with E-state index in [9.17, 15) is 4.79 Å². The van der Waals surface area contributed by atoms with Crippen LogP contribution < -0.4 is 5.32 Å². The maximum Gasteiger partial charge on any atom is 0.269 e. The second kappa shape index (κ2) is 6.08. The molecule has 2 aromatic rings. The second-order valence-corrected chi connectivity index (χ2v) is 5.99. The lowest BCUT2D eigenvalue weighted by Crippen LogP contribution is -2.28. The zero-order valence-corrected chi connectivity index (χ0v) is 13.4. The van der Waals surface area contributed by atoms with E-state index in [1.165, 1.54) is 0 Å². The van der Waals surface area contributed by atoms with Crippen molar-refractivity contribution in [1.82, 2.24) is 30.0 Å². The molecule has 124 valence electrons. The molecule has 9 nitrogen and oxygen atoms in total. The lowest BCUT2D eigenvalue weighted by atomic mass is 10.1. The van der Waals surface area contributed by atoms with E-state index in [1.54, 1.807) is 16.6 Å². The van der Waals surface area contributed by atoms with Crippen molar-refractivity contribution >= 4 is 17.7 Å². The molecular weight excluding hydrogens is 308 g/mol. The zero-order valence-electron chi connectivity index (χ0n) is 13.4. The van der Waals surface area contributed by atoms with E-state index in [0.717, 1.165) is 42.9 Å². The van der Waals surface area contributed by atoms with Crippen LogP contribution in [0.25, 0.3) is 0 Å². The van der Waals surface area contributed by atoms with Crippen molar-refractivity contribution in [3.8, 4) is 0 Å². The van der Waals surface area contributed by atoms with E-state index in [-0.39, 0.29) is 12.5 Å². The van der Waals surface area contributed by atoms with Gasteiger partial charge in [0.1, 0.15) is 6.54 Å². The van der Waals surface area contributed by atoms with Gasteiger partial charge in [0.25, 0.3) is 5.95 Å². The fourth-order valence-corrected chi connectivity index (χ4v) is 2.85. The second-order valence-electron chi connectivity index (χ2n) is 5.99. The maximum absolute atomic E-state index is 11.9. The molecule has 2 aliphatic heterocycles. The van der Waals surface area contributed by atoms with E-state index >= 15 is 0 Å². The Morgan fingerprint density at radius 2 is 2.21 bits per heavy atom. The summed E-state index contributed by atoms with van der Waals surface area (Å²) in [5, 5.41) is 15.8. The van der Waals surface area contributed by atoms with Crippen molar-refractivity contribution in [1.29, 1.82) is 0 Å². The lowest BCUT2D eigenvalue weighted by Gasteiger charge is -2.14. The van der Waals surface area contributed by atoms with Gasteiger partial charge in [-0.3, -0.25) is 9.48 Å². The van der Waals surface area contributed by atoms with Crippen LogP contribution in [0.4, 0.5) is 11.8 Å². The van der Waals surface area contributed by atoms with Gasteiger partial charge in [-0.2, -0.15) is 5.10 Å². The predicted octanol–water partition coefficient (Wildman–Crippen LogP) is 0.749. The fraction of sp³-hybridized carbons (Fsp3) is 0.467. The topological polar surface area (TPSA) is 101 Å². The Morgan fingerprint density at radius 1 is 1.29 bits per heavy atom. The van der Waals surface area contributed by atoms with Gasteiger partial charge in [0.15, 0.2) is 5.82 Å². The number of azo groups is 1. The van der Waals surface area contributed by atoms with Gasteiger partial charge < -0.3 is 10.2 Å². The summed E-state index contributed by atoms with van der Waals surface area (Å²) in [6.07, 6.45) is 3.50. The highest BCUT2D eigenvalue weighted by molar-refractivity contribution is 5.76. The SMILES string of the molecule is CN1CCc2cc(N=Nc3ncc4c(n3)CNCC4)nn2CC1=O. The van der Waals surface area contributed by atoms with Gasteiger partial charge in [0, 0.05) is 44.5 Å². The van der Waals surface area contributed by atoms with Crippen molar-refractivity contribution in [2.45, 2.75) is 25.9 Å². The molecule has 0 atom stereocenters. The Labute approximate surface area is 138 Å². The highest BCUT2D eigenvalue weighted by atomic mass is 16.2. The van der Waals surface area contributed by atoms with Gasteiger partial charge in [0.2, 0.25) is 5.91 Å². The monoisotopic (exact) mass is 326 g/mol. The highest BCUT2D eigenvalue weighted by Gasteiger charge is 2.19. The number of amides is 1. The zero-order chi connectivity index (χ0) is 16.5. The minimum Gasteiger partial charge on any atom is -0.344 e. The van der Waals surface area contributed by atoms with Crippen LogP contribution in [0.1, 0.15) is 17.0 Å². The average molecular weight is 326 g/mol. The van der Waals surface area contributed by atoms with Gasteiger partial charge in [-0.05, 0) is 18.5 Å². The summed E-state index contributed by atoms with van der Waals surface area (Å²) in [5.41, 5.74) is 3.11. The van der Waals surface area contributed by atoms with Crippen LogP contribution in [0.2, 0.25) is 0 Å². The first-order valence-electron chi connectivity index (χ1n) is 7.97. The number of carbonyl (C=O) groups is 1. The lowest BCUT2D eigenvalue weighted by molar-refractivity contribution is -0.130. The van der Waals surface area contributed by atoms with Gasteiger partial charge in [-0.15, -0.1) is 10.2 Å². The normalized spacial score (nSPS) is 17.7. The van der Waals surface area contributed by atoms with Crippen LogP contribution >= 0.6 is 0 Å². The van der Waals surface area contributed by atoms with Crippen molar-refractivity contribution in [3.63, 3.8) is 0 Å². The third kappa shape index (κ3) is 2.90. The first kappa shape index (κ1) is 14.9. The standard InChI is InChI=1S/C15H18N8O/c1-22-5-3-11-6-13(21-23(11)9-14(22)24)19-20-15-17-7-10-2-4-16-8-12(10)18-15/h6-7,16H,2-5,8-9H2,1H3. The fourth-order valence-electron chi connectivity index (χ4n) is 2.85. The molecular formula is C15H18N8O. The van der Waals surface area contributed by atoms with Crippen LogP contribution in [-0.4, -0.2) is 50.7 Å². The van der Waals surface area contributed by atoms with Gasteiger partial charge in [-0.1, -0.05) is 0 Å². The Kier molecular flexibility index (Phi) is 3.77. The van der Waals surface area contributed by atoms with Gasteiger partial charge in [-0.25, -0.2) is 9.97 Å². The molecule has 1 amide bonds. The molecule has 4 rings (SSSR count). The largest absolute Gasteiger partial charge is 0.344 e. The molecule has 0 saturated carbocycles. The summed E-state index contributed by atoms with van der Waals surface area (Å²) in [5.74, 6) is 0.851. The number of carbonyl (C=O) groups excluding carboxylic acids is 1. The first-order valence-corrected chi connectivity index (χ1v) is 7.97. The van der Waals surface area contributed by atoms with Gasteiger partial charge in [0.05, 0.1) is 5.69 Å². The number of likely N-dealkylation sites (N-methyl/N-ethyl adjacent to an activating group) is 1. The number of hydrogen-bond acceptors (Lipinski definition) is 7. The molecule has 0 unspecified atom stereocenters. The molecule has 0 fully saturated rings. The molecule has 1 N–H and O–H groups in total. The smallest absolute Gasteiger partial charge is 0.269 e. The van der Waals surface area contributed by atoms with Crippen LogP contribution in [0, 0.1) is 0 Å². The Hall–Kier alpha value is -2.68. The number of rotatable bonds is 2. The quantitative estimate of drug-likeness (QED) is 0.821. The molecule has 9 heteroatoms. The van der Waals surface area contributed by atoms with Crippen LogP contribution in [0.3, 0.4) is 0 Å².